The van der Waals surface area contributed by atoms with Gasteiger partial charge in [0.25, 0.3) is 0 Å². The Kier molecular flexibility index (Phi) is 6.53. The van der Waals surface area contributed by atoms with Gasteiger partial charge in [-0.05, 0) is 48.8 Å². The van der Waals surface area contributed by atoms with Crippen LogP contribution in [0.2, 0.25) is 0 Å². The molecule has 1 rings (SSSR count). The standard InChI is InChI=1S/C17H28BrNO/c1-6-20-13-7-8-14(15(18)10-13)16(19)9-12(2)11-17(3,4)5/h7-8,10,12,16H,6,9,11,19H2,1-5H3. The van der Waals surface area contributed by atoms with Gasteiger partial charge in [-0.2, -0.15) is 0 Å². The summed E-state index contributed by atoms with van der Waals surface area (Å²) in [6.07, 6.45) is 2.19. The fourth-order valence-electron chi connectivity index (χ4n) is 2.75. The van der Waals surface area contributed by atoms with Crippen molar-refractivity contribution in [3.8, 4) is 5.75 Å². The van der Waals surface area contributed by atoms with Crippen molar-refractivity contribution in [1.29, 1.82) is 0 Å². The van der Waals surface area contributed by atoms with Gasteiger partial charge in [-0.3, -0.25) is 0 Å². The third kappa shape index (κ3) is 5.84. The molecule has 0 saturated heterocycles. The molecule has 2 atom stereocenters. The molecule has 0 heterocycles. The first-order valence-corrected chi connectivity index (χ1v) is 8.20. The lowest BCUT2D eigenvalue weighted by atomic mass is 9.82. The van der Waals surface area contributed by atoms with Crippen LogP contribution >= 0.6 is 15.9 Å². The SMILES string of the molecule is CCOc1ccc(C(N)CC(C)CC(C)(C)C)c(Br)c1. The van der Waals surface area contributed by atoms with E-state index in [-0.39, 0.29) is 6.04 Å². The Hall–Kier alpha value is -0.540. The van der Waals surface area contributed by atoms with Crippen LogP contribution in [0.15, 0.2) is 22.7 Å². The van der Waals surface area contributed by atoms with E-state index >= 15 is 0 Å². The van der Waals surface area contributed by atoms with Gasteiger partial charge in [-0.25, -0.2) is 0 Å². The average Bonchev–Trinajstić information content (AvgIpc) is 2.26. The lowest BCUT2D eigenvalue weighted by Gasteiger charge is -2.25. The van der Waals surface area contributed by atoms with Crippen molar-refractivity contribution in [2.45, 2.75) is 53.5 Å². The van der Waals surface area contributed by atoms with E-state index in [9.17, 15) is 0 Å². The fraction of sp³-hybridized carbons (Fsp3) is 0.647. The summed E-state index contributed by atoms with van der Waals surface area (Å²) in [7, 11) is 0. The van der Waals surface area contributed by atoms with Crippen LogP contribution in [0.3, 0.4) is 0 Å². The van der Waals surface area contributed by atoms with Gasteiger partial charge >= 0.3 is 0 Å². The van der Waals surface area contributed by atoms with Crippen LogP contribution in [-0.4, -0.2) is 6.61 Å². The van der Waals surface area contributed by atoms with E-state index in [1.54, 1.807) is 0 Å². The Morgan fingerprint density at radius 1 is 1.30 bits per heavy atom. The first kappa shape index (κ1) is 17.5. The van der Waals surface area contributed by atoms with Crippen LogP contribution in [0, 0.1) is 11.3 Å². The Balaban J connectivity index is 2.70. The molecule has 3 heteroatoms. The van der Waals surface area contributed by atoms with Crippen LogP contribution in [0.1, 0.15) is 59.1 Å². The van der Waals surface area contributed by atoms with Crippen molar-refractivity contribution in [2.24, 2.45) is 17.1 Å². The minimum Gasteiger partial charge on any atom is -0.494 e. The maximum absolute atomic E-state index is 6.37. The molecule has 0 radical (unpaired) electrons. The second-order valence-electron chi connectivity index (χ2n) is 6.83. The molecule has 114 valence electrons. The lowest BCUT2D eigenvalue weighted by Crippen LogP contribution is -2.18. The first-order chi connectivity index (χ1) is 9.23. The van der Waals surface area contributed by atoms with Gasteiger partial charge in [-0.15, -0.1) is 0 Å². The Bertz CT molecular complexity index is 425. The normalized spacial score (nSPS) is 14.9. The van der Waals surface area contributed by atoms with Crippen molar-refractivity contribution >= 4 is 15.9 Å². The summed E-state index contributed by atoms with van der Waals surface area (Å²) in [5.74, 6) is 1.50. The topological polar surface area (TPSA) is 35.2 Å². The van der Waals surface area contributed by atoms with Gasteiger partial charge in [0, 0.05) is 10.5 Å². The van der Waals surface area contributed by atoms with E-state index in [0.29, 0.717) is 17.9 Å². The Morgan fingerprint density at radius 3 is 2.45 bits per heavy atom. The number of hydrogen-bond acceptors (Lipinski definition) is 2. The summed E-state index contributed by atoms with van der Waals surface area (Å²) < 4.78 is 6.54. The highest BCUT2D eigenvalue weighted by atomic mass is 79.9. The Morgan fingerprint density at radius 2 is 1.95 bits per heavy atom. The zero-order valence-corrected chi connectivity index (χ0v) is 15.0. The zero-order chi connectivity index (χ0) is 15.3. The smallest absolute Gasteiger partial charge is 0.120 e. The van der Waals surface area contributed by atoms with Crippen LogP contribution < -0.4 is 10.5 Å². The number of ether oxygens (including phenoxy) is 1. The molecule has 0 aromatic heterocycles. The van der Waals surface area contributed by atoms with Gasteiger partial charge in [0.15, 0.2) is 0 Å². The van der Waals surface area contributed by atoms with E-state index in [1.165, 1.54) is 6.42 Å². The summed E-state index contributed by atoms with van der Waals surface area (Å²) in [6.45, 7) is 11.8. The van der Waals surface area contributed by atoms with E-state index < -0.39 is 0 Å². The summed E-state index contributed by atoms with van der Waals surface area (Å²) in [4.78, 5) is 0. The van der Waals surface area contributed by atoms with Crippen LogP contribution in [0.25, 0.3) is 0 Å². The molecule has 0 aliphatic rings. The molecule has 2 N–H and O–H groups in total. The fourth-order valence-corrected chi connectivity index (χ4v) is 3.41. The lowest BCUT2D eigenvalue weighted by molar-refractivity contribution is 0.286. The molecule has 1 aromatic rings. The number of hydrogen-bond donors (Lipinski definition) is 1. The van der Waals surface area contributed by atoms with Crippen LogP contribution in [-0.2, 0) is 0 Å². The average molecular weight is 342 g/mol. The number of benzene rings is 1. The molecule has 0 saturated carbocycles. The highest BCUT2D eigenvalue weighted by molar-refractivity contribution is 9.10. The zero-order valence-electron chi connectivity index (χ0n) is 13.4. The molecule has 0 fully saturated rings. The van der Waals surface area contributed by atoms with Crippen molar-refractivity contribution in [2.75, 3.05) is 6.61 Å². The number of nitrogens with two attached hydrogens (primary N) is 1. The first-order valence-electron chi connectivity index (χ1n) is 7.40. The summed E-state index contributed by atoms with van der Waals surface area (Å²) in [5.41, 5.74) is 7.89. The number of rotatable bonds is 6. The molecule has 0 spiro atoms. The van der Waals surface area contributed by atoms with Crippen LogP contribution in [0.5, 0.6) is 5.75 Å². The quantitative estimate of drug-likeness (QED) is 0.760. The minimum atomic E-state index is 0.0670. The molecule has 2 unspecified atom stereocenters. The molecule has 2 nitrogen and oxygen atoms in total. The highest BCUT2D eigenvalue weighted by Crippen LogP contribution is 2.33. The van der Waals surface area contributed by atoms with Gasteiger partial charge in [0.1, 0.15) is 5.75 Å². The molecule has 0 aliphatic heterocycles. The molecule has 20 heavy (non-hydrogen) atoms. The Labute approximate surface area is 132 Å². The second kappa shape index (κ2) is 7.46. The van der Waals surface area contributed by atoms with E-state index in [2.05, 4.69) is 49.7 Å². The monoisotopic (exact) mass is 341 g/mol. The largest absolute Gasteiger partial charge is 0.494 e. The molecular weight excluding hydrogens is 314 g/mol. The number of halogens is 1. The van der Waals surface area contributed by atoms with Crippen molar-refractivity contribution in [3.05, 3.63) is 28.2 Å². The predicted molar refractivity (Wildman–Crippen MR) is 90.1 cm³/mol. The van der Waals surface area contributed by atoms with E-state index in [0.717, 1.165) is 22.2 Å². The summed E-state index contributed by atoms with van der Waals surface area (Å²) in [5, 5.41) is 0. The van der Waals surface area contributed by atoms with E-state index in [4.69, 9.17) is 10.5 Å². The molecule has 0 aliphatic carbocycles. The highest BCUT2D eigenvalue weighted by Gasteiger charge is 2.19. The van der Waals surface area contributed by atoms with Crippen LogP contribution in [0.4, 0.5) is 0 Å². The van der Waals surface area contributed by atoms with Crippen molar-refractivity contribution in [1.82, 2.24) is 0 Å². The van der Waals surface area contributed by atoms with Gasteiger partial charge in [0.05, 0.1) is 6.61 Å². The molecule has 1 aromatic carbocycles. The van der Waals surface area contributed by atoms with Crippen molar-refractivity contribution < 1.29 is 4.74 Å². The molecular formula is C17H28BrNO. The third-order valence-corrected chi connectivity index (χ3v) is 3.99. The second-order valence-corrected chi connectivity index (χ2v) is 7.68. The third-order valence-electron chi connectivity index (χ3n) is 3.30. The van der Waals surface area contributed by atoms with Gasteiger partial charge in [-0.1, -0.05) is 49.7 Å². The summed E-state index contributed by atoms with van der Waals surface area (Å²) in [6, 6.07) is 6.14. The molecule has 0 bridgehead atoms. The maximum Gasteiger partial charge on any atom is 0.120 e. The predicted octanol–water partition coefficient (Wildman–Crippen LogP) is 5.31. The summed E-state index contributed by atoms with van der Waals surface area (Å²) >= 11 is 3.61. The van der Waals surface area contributed by atoms with Gasteiger partial charge in [0.2, 0.25) is 0 Å². The molecule has 0 amide bonds. The van der Waals surface area contributed by atoms with Gasteiger partial charge < -0.3 is 10.5 Å². The maximum atomic E-state index is 6.37. The van der Waals surface area contributed by atoms with Crippen molar-refractivity contribution in [3.63, 3.8) is 0 Å². The minimum absolute atomic E-state index is 0.0670. The van der Waals surface area contributed by atoms with E-state index in [1.807, 2.05) is 19.1 Å².